The first-order valence-electron chi connectivity index (χ1n) is 8.99. The zero-order valence-corrected chi connectivity index (χ0v) is 13.6. The first-order valence-corrected chi connectivity index (χ1v) is 8.99. The third-order valence-corrected chi connectivity index (χ3v) is 5.55. The molecular formula is C17H29N3O2. The van der Waals surface area contributed by atoms with E-state index in [0.717, 1.165) is 38.5 Å². The van der Waals surface area contributed by atoms with Crippen molar-refractivity contribution < 1.29 is 9.59 Å². The number of fused-ring (bicyclic) bond motifs is 2. The molecule has 5 nitrogen and oxygen atoms in total. The maximum Gasteiger partial charge on any atom is 0.318 e. The van der Waals surface area contributed by atoms with E-state index in [1.54, 1.807) is 6.92 Å². The molecule has 3 rings (SSSR count). The third kappa shape index (κ3) is 3.55. The fourth-order valence-corrected chi connectivity index (χ4v) is 4.61. The molecule has 22 heavy (non-hydrogen) atoms. The summed E-state index contributed by atoms with van der Waals surface area (Å²) in [4.78, 5) is 26.1. The maximum atomic E-state index is 12.7. The molecule has 0 aromatic heterocycles. The number of urea groups is 1. The van der Waals surface area contributed by atoms with Crippen LogP contribution >= 0.6 is 0 Å². The van der Waals surface area contributed by atoms with Crippen LogP contribution in [0.3, 0.4) is 0 Å². The molecule has 2 aliphatic heterocycles. The second-order valence-electron chi connectivity index (χ2n) is 7.30. The maximum absolute atomic E-state index is 12.7. The van der Waals surface area contributed by atoms with Crippen molar-refractivity contribution in [2.75, 3.05) is 0 Å². The Kier molecular flexibility index (Phi) is 4.89. The van der Waals surface area contributed by atoms with Crippen LogP contribution in [0.4, 0.5) is 4.79 Å². The monoisotopic (exact) mass is 307 g/mol. The lowest BCUT2D eigenvalue weighted by Gasteiger charge is -2.49. The molecule has 5 heteroatoms. The number of nitrogens with zero attached hydrogens (tertiary/aromatic N) is 1. The SMILES string of the molecule is CC(=O)NC1C[C@H]2CCC[C@H](C1)N2C(=O)NC1CCCCC1. The van der Waals surface area contributed by atoms with E-state index < -0.39 is 0 Å². The summed E-state index contributed by atoms with van der Waals surface area (Å²) in [5.41, 5.74) is 0. The number of rotatable bonds is 2. The van der Waals surface area contributed by atoms with Gasteiger partial charge in [-0.3, -0.25) is 4.79 Å². The van der Waals surface area contributed by atoms with Gasteiger partial charge in [-0.25, -0.2) is 4.79 Å². The molecule has 2 atom stereocenters. The molecule has 2 bridgehead atoms. The fourth-order valence-electron chi connectivity index (χ4n) is 4.61. The summed E-state index contributed by atoms with van der Waals surface area (Å²) < 4.78 is 0. The molecule has 0 unspecified atom stereocenters. The van der Waals surface area contributed by atoms with Crippen molar-refractivity contribution in [1.29, 1.82) is 0 Å². The summed E-state index contributed by atoms with van der Waals surface area (Å²) in [7, 11) is 0. The first-order chi connectivity index (χ1) is 10.6. The summed E-state index contributed by atoms with van der Waals surface area (Å²) >= 11 is 0. The van der Waals surface area contributed by atoms with Crippen LogP contribution in [-0.4, -0.2) is 41.0 Å². The molecule has 2 heterocycles. The number of carbonyl (C=O) groups is 2. The number of hydrogen-bond donors (Lipinski definition) is 2. The highest BCUT2D eigenvalue weighted by Crippen LogP contribution is 2.34. The minimum Gasteiger partial charge on any atom is -0.353 e. The van der Waals surface area contributed by atoms with Crippen molar-refractivity contribution in [3.63, 3.8) is 0 Å². The predicted molar refractivity (Wildman–Crippen MR) is 85.5 cm³/mol. The van der Waals surface area contributed by atoms with E-state index >= 15 is 0 Å². The number of amides is 3. The van der Waals surface area contributed by atoms with E-state index in [4.69, 9.17) is 0 Å². The molecule has 3 aliphatic rings. The van der Waals surface area contributed by atoms with Crippen LogP contribution in [-0.2, 0) is 4.79 Å². The van der Waals surface area contributed by atoms with E-state index in [2.05, 4.69) is 15.5 Å². The second-order valence-corrected chi connectivity index (χ2v) is 7.30. The van der Waals surface area contributed by atoms with E-state index in [1.165, 1.54) is 25.7 Å². The number of nitrogens with one attached hydrogen (secondary N) is 2. The third-order valence-electron chi connectivity index (χ3n) is 5.55. The Balaban J connectivity index is 1.60. The predicted octanol–water partition coefficient (Wildman–Crippen LogP) is 2.55. The van der Waals surface area contributed by atoms with Gasteiger partial charge in [0, 0.05) is 31.1 Å². The highest BCUT2D eigenvalue weighted by atomic mass is 16.2. The van der Waals surface area contributed by atoms with Gasteiger partial charge in [0.1, 0.15) is 0 Å². The Bertz CT molecular complexity index is 406. The zero-order valence-electron chi connectivity index (χ0n) is 13.6. The largest absolute Gasteiger partial charge is 0.353 e. The lowest BCUT2D eigenvalue weighted by Crippen LogP contribution is -2.61. The van der Waals surface area contributed by atoms with Crippen molar-refractivity contribution in [3.8, 4) is 0 Å². The molecule has 0 aromatic rings. The number of piperidine rings is 2. The van der Waals surface area contributed by atoms with Gasteiger partial charge in [0.15, 0.2) is 0 Å². The van der Waals surface area contributed by atoms with Crippen molar-refractivity contribution in [2.45, 2.75) is 95.3 Å². The van der Waals surface area contributed by atoms with Crippen LogP contribution in [0.1, 0.15) is 71.1 Å². The number of hydrogen-bond acceptors (Lipinski definition) is 2. The normalized spacial score (nSPS) is 32.4. The van der Waals surface area contributed by atoms with Gasteiger partial charge in [-0.1, -0.05) is 19.3 Å². The van der Waals surface area contributed by atoms with Gasteiger partial charge in [0.2, 0.25) is 5.91 Å². The van der Waals surface area contributed by atoms with Crippen LogP contribution in [0.25, 0.3) is 0 Å². The molecule has 1 aliphatic carbocycles. The molecule has 0 spiro atoms. The molecule has 0 aromatic carbocycles. The topological polar surface area (TPSA) is 61.4 Å². The fraction of sp³-hybridized carbons (Fsp3) is 0.882. The van der Waals surface area contributed by atoms with E-state index in [1.807, 2.05) is 0 Å². The average Bonchev–Trinajstić information content (AvgIpc) is 2.46. The second kappa shape index (κ2) is 6.88. The summed E-state index contributed by atoms with van der Waals surface area (Å²) in [6.07, 6.45) is 11.2. The lowest BCUT2D eigenvalue weighted by molar-refractivity contribution is -0.120. The van der Waals surface area contributed by atoms with Gasteiger partial charge >= 0.3 is 6.03 Å². The Morgan fingerprint density at radius 2 is 1.45 bits per heavy atom. The summed E-state index contributed by atoms with van der Waals surface area (Å²) in [5, 5.41) is 6.33. The van der Waals surface area contributed by atoms with Crippen LogP contribution < -0.4 is 10.6 Å². The first kappa shape index (κ1) is 15.6. The molecule has 2 N–H and O–H groups in total. The number of carbonyl (C=O) groups excluding carboxylic acids is 2. The van der Waals surface area contributed by atoms with Crippen molar-refractivity contribution >= 4 is 11.9 Å². The van der Waals surface area contributed by atoms with Crippen molar-refractivity contribution in [2.24, 2.45) is 0 Å². The van der Waals surface area contributed by atoms with Crippen LogP contribution in [0.2, 0.25) is 0 Å². The van der Waals surface area contributed by atoms with Gasteiger partial charge in [-0.05, 0) is 44.9 Å². The summed E-state index contributed by atoms with van der Waals surface area (Å²) in [5.74, 6) is 0.0446. The van der Waals surface area contributed by atoms with Crippen molar-refractivity contribution in [3.05, 3.63) is 0 Å². The molecular weight excluding hydrogens is 278 g/mol. The van der Waals surface area contributed by atoms with Gasteiger partial charge in [0.25, 0.3) is 0 Å². The standard InChI is InChI=1S/C17H29N3O2/c1-12(21)18-14-10-15-8-5-9-16(11-14)20(15)17(22)19-13-6-3-2-4-7-13/h13-16H,2-11H2,1H3,(H,18,21)(H,19,22)/t15-,16-/m1/s1. The minimum atomic E-state index is 0.0446. The van der Waals surface area contributed by atoms with E-state index in [0.29, 0.717) is 18.1 Å². The van der Waals surface area contributed by atoms with Crippen LogP contribution in [0, 0.1) is 0 Å². The van der Waals surface area contributed by atoms with Crippen LogP contribution in [0.15, 0.2) is 0 Å². The van der Waals surface area contributed by atoms with Gasteiger partial charge in [-0.15, -0.1) is 0 Å². The van der Waals surface area contributed by atoms with Crippen molar-refractivity contribution in [1.82, 2.24) is 15.5 Å². The minimum absolute atomic E-state index is 0.0446. The zero-order chi connectivity index (χ0) is 15.5. The summed E-state index contributed by atoms with van der Waals surface area (Å²) in [6, 6.07) is 1.35. The molecule has 3 fully saturated rings. The Labute approximate surface area is 133 Å². The Hall–Kier alpha value is -1.26. The van der Waals surface area contributed by atoms with E-state index in [9.17, 15) is 9.59 Å². The Morgan fingerprint density at radius 3 is 2.05 bits per heavy atom. The lowest BCUT2D eigenvalue weighted by atomic mass is 9.82. The molecule has 0 radical (unpaired) electrons. The average molecular weight is 307 g/mol. The quantitative estimate of drug-likeness (QED) is 0.823. The molecule has 3 amide bonds. The Morgan fingerprint density at radius 1 is 0.818 bits per heavy atom. The van der Waals surface area contributed by atoms with E-state index in [-0.39, 0.29) is 18.0 Å². The molecule has 2 saturated heterocycles. The highest BCUT2D eigenvalue weighted by molar-refractivity contribution is 5.76. The van der Waals surface area contributed by atoms with Crippen LogP contribution in [0.5, 0.6) is 0 Å². The smallest absolute Gasteiger partial charge is 0.318 e. The van der Waals surface area contributed by atoms with Gasteiger partial charge < -0.3 is 15.5 Å². The molecule has 1 saturated carbocycles. The van der Waals surface area contributed by atoms with Gasteiger partial charge in [-0.2, -0.15) is 0 Å². The summed E-state index contributed by atoms with van der Waals surface area (Å²) in [6.45, 7) is 1.58. The highest BCUT2D eigenvalue weighted by Gasteiger charge is 2.41. The van der Waals surface area contributed by atoms with Gasteiger partial charge in [0.05, 0.1) is 0 Å². The molecule has 124 valence electrons.